The maximum atomic E-state index is 12.6. The molecule has 1 aliphatic heterocycles. The van der Waals surface area contributed by atoms with Crippen molar-refractivity contribution in [2.24, 2.45) is 5.92 Å². The minimum absolute atomic E-state index is 0.117. The van der Waals surface area contributed by atoms with Gasteiger partial charge in [-0.3, -0.25) is 14.5 Å². The lowest BCUT2D eigenvalue weighted by Gasteiger charge is -2.30. The van der Waals surface area contributed by atoms with Crippen LogP contribution in [-0.2, 0) is 9.53 Å². The molecule has 1 saturated carbocycles. The highest BCUT2D eigenvalue weighted by atomic mass is 16.5. The number of carbonyl (C=O) groups excluding carboxylic acids is 2. The van der Waals surface area contributed by atoms with E-state index in [9.17, 15) is 9.59 Å². The molecule has 112 valence electrons. The van der Waals surface area contributed by atoms with Gasteiger partial charge in [-0.05, 0) is 31.9 Å². The van der Waals surface area contributed by atoms with Gasteiger partial charge in [0.2, 0.25) is 0 Å². The van der Waals surface area contributed by atoms with Gasteiger partial charge in [0.05, 0.1) is 6.10 Å². The normalized spacial score (nSPS) is 29.7. The fourth-order valence-electron chi connectivity index (χ4n) is 3.35. The van der Waals surface area contributed by atoms with Crippen LogP contribution in [-0.4, -0.2) is 35.5 Å². The van der Waals surface area contributed by atoms with Crippen molar-refractivity contribution >= 4 is 11.8 Å². The van der Waals surface area contributed by atoms with Gasteiger partial charge in [0, 0.05) is 18.0 Å². The summed E-state index contributed by atoms with van der Waals surface area (Å²) in [6.45, 7) is 2.24. The molecule has 2 aliphatic rings. The largest absolute Gasteiger partial charge is 0.365 e. The zero-order valence-corrected chi connectivity index (χ0v) is 12.3. The van der Waals surface area contributed by atoms with Crippen LogP contribution in [0.4, 0.5) is 0 Å². The van der Waals surface area contributed by atoms with Crippen molar-refractivity contribution in [1.82, 2.24) is 4.90 Å². The molecule has 3 atom stereocenters. The third-order valence-corrected chi connectivity index (χ3v) is 4.52. The number of fused-ring (bicyclic) bond motifs is 1. The van der Waals surface area contributed by atoms with Crippen molar-refractivity contribution in [3.05, 3.63) is 35.9 Å². The number of ether oxygens (including phenoxy) is 1. The standard InChI is InChI=1S/C17H21NO3/c1-12-16(19)18(17(20)13-7-3-2-4-8-13)11-14-9-5-6-10-15(14)21-12/h2-4,7-8,12,14-15H,5-6,9-11H2,1H3/t12?,14-,15+/m1/s1. The van der Waals surface area contributed by atoms with Crippen molar-refractivity contribution in [3.8, 4) is 0 Å². The predicted octanol–water partition coefficient (Wildman–Crippen LogP) is 2.63. The van der Waals surface area contributed by atoms with E-state index in [4.69, 9.17) is 4.74 Å². The molecule has 0 N–H and O–H groups in total. The second-order valence-corrected chi connectivity index (χ2v) is 5.98. The van der Waals surface area contributed by atoms with E-state index < -0.39 is 6.10 Å². The smallest absolute Gasteiger partial charge is 0.260 e. The third kappa shape index (κ3) is 2.86. The first kappa shape index (κ1) is 14.3. The van der Waals surface area contributed by atoms with Crippen LogP contribution >= 0.6 is 0 Å². The lowest BCUT2D eigenvalue weighted by atomic mass is 9.86. The average molecular weight is 287 g/mol. The summed E-state index contributed by atoms with van der Waals surface area (Å²) < 4.78 is 5.90. The van der Waals surface area contributed by atoms with Crippen LogP contribution in [0.2, 0.25) is 0 Å². The SMILES string of the molecule is CC1O[C@H]2CCCC[C@@H]2CN(C(=O)c2ccccc2)C1=O. The Morgan fingerprint density at radius 1 is 1.19 bits per heavy atom. The molecule has 0 bridgehead atoms. The first-order valence-corrected chi connectivity index (χ1v) is 7.73. The van der Waals surface area contributed by atoms with E-state index in [2.05, 4.69) is 0 Å². The number of hydrogen-bond donors (Lipinski definition) is 0. The van der Waals surface area contributed by atoms with Crippen LogP contribution in [0.3, 0.4) is 0 Å². The molecule has 3 rings (SSSR count). The molecule has 2 amide bonds. The van der Waals surface area contributed by atoms with E-state index >= 15 is 0 Å². The van der Waals surface area contributed by atoms with Crippen molar-refractivity contribution in [2.45, 2.75) is 44.8 Å². The minimum Gasteiger partial charge on any atom is -0.365 e. The van der Waals surface area contributed by atoms with Gasteiger partial charge >= 0.3 is 0 Å². The Kier molecular flexibility index (Phi) is 4.06. The molecule has 0 spiro atoms. The summed E-state index contributed by atoms with van der Waals surface area (Å²) in [5.74, 6) is -0.138. The topological polar surface area (TPSA) is 46.6 Å². The van der Waals surface area contributed by atoms with E-state index in [1.54, 1.807) is 19.1 Å². The average Bonchev–Trinajstić information content (AvgIpc) is 2.65. The quantitative estimate of drug-likeness (QED) is 0.746. The van der Waals surface area contributed by atoms with Gasteiger partial charge in [0.25, 0.3) is 11.8 Å². The van der Waals surface area contributed by atoms with Crippen LogP contribution < -0.4 is 0 Å². The molecule has 2 fully saturated rings. The summed E-state index contributed by atoms with van der Waals surface area (Å²) in [5.41, 5.74) is 0.562. The Hall–Kier alpha value is -1.68. The number of carbonyl (C=O) groups is 2. The number of amides is 2. The molecule has 1 heterocycles. The maximum absolute atomic E-state index is 12.6. The highest BCUT2D eigenvalue weighted by Crippen LogP contribution is 2.31. The van der Waals surface area contributed by atoms with Crippen LogP contribution in [0.25, 0.3) is 0 Å². The molecular weight excluding hydrogens is 266 g/mol. The van der Waals surface area contributed by atoms with Crippen LogP contribution in [0.5, 0.6) is 0 Å². The Morgan fingerprint density at radius 2 is 1.90 bits per heavy atom. The molecule has 1 saturated heterocycles. The van der Waals surface area contributed by atoms with E-state index in [1.165, 1.54) is 4.90 Å². The number of rotatable bonds is 1. The van der Waals surface area contributed by atoms with E-state index in [0.29, 0.717) is 12.1 Å². The molecule has 21 heavy (non-hydrogen) atoms. The van der Waals surface area contributed by atoms with E-state index in [1.807, 2.05) is 18.2 Å². The van der Waals surface area contributed by atoms with Crippen LogP contribution in [0, 0.1) is 5.92 Å². The Morgan fingerprint density at radius 3 is 2.67 bits per heavy atom. The molecule has 1 unspecified atom stereocenters. The Bertz CT molecular complexity index is 528. The molecule has 4 nitrogen and oxygen atoms in total. The molecule has 1 aromatic rings. The van der Waals surface area contributed by atoms with Crippen molar-refractivity contribution in [2.75, 3.05) is 6.54 Å². The maximum Gasteiger partial charge on any atom is 0.260 e. The number of imide groups is 1. The summed E-state index contributed by atoms with van der Waals surface area (Å²) in [6, 6.07) is 9.01. The van der Waals surface area contributed by atoms with Crippen molar-refractivity contribution < 1.29 is 14.3 Å². The highest BCUT2D eigenvalue weighted by molar-refractivity contribution is 6.05. The second-order valence-electron chi connectivity index (χ2n) is 5.98. The Labute approximate surface area is 125 Å². The van der Waals surface area contributed by atoms with E-state index in [-0.39, 0.29) is 23.8 Å². The van der Waals surface area contributed by atoms with Crippen molar-refractivity contribution in [3.63, 3.8) is 0 Å². The number of nitrogens with zero attached hydrogens (tertiary/aromatic N) is 1. The summed E-state index contributed by atoms with van der Waals surface area (Å²) in [5, 5.41) is 0. The number of hydrogen-bond acceptors (Lipinski definition) is 3. The predicted molar refractivity (Wildman–Crippen MR) is 78.8 cm³/mol. The summed E-state index contributed by atoms with van der Waals surface area (Å²) in [6.07, 6.45) is 3.91. The monoisotopic (exact) mass is 287 g/mol. The van der Waals surface area contributed by atoms with Crippen LogP contribution in [0.15, 0.2) is 30.3 Å². The fourth-order valence-corrected chi connectivity index (χ4v) is 3.35. The van der Waals surface area contributed by atoms with Gasteiger partial charge in [0.15, 0.2) is 0 Å². The first-order valence-electron chi connectivity index (χ1n) is 7.73. The summed E-state index contributed by atoms with van der Waals surface area (Å²) in [4.78, 5) is 26.5. The van der Waals surface area contributed by atoms with Crippen molar-refractivity contribution in [1.29, 1.82) is 0 Å². The molecule has 1 aliphatic carbocycles. The van der Waals surface area contributed by atoms with Gasteiger partial charge in [-0.2, -0.15) is 0 Å². The van der Waals surface area contributed by atoms with Gasteiger partial charge in [-0.15, -0.1) is 0 Å². The van der Waals surface area contributed by atoms with Gasteiger partial charge < -0.3 is 4.74 Å². The molecule has 4 heteroatoms. The zero-order valence-electron chi connectivity index (χ0n) is 12.3. The Balaban J connectivity index is 1.85. The summed E-state index contributed by atoms with van der Waals surface area (Å²) in [7, 11) is 0. The van der Waals surface area contributed by atoms with Crippen LogP contribution in [0.1, 0.15) is 43.0 Å². The molecule has 0 radical (unpaired) electrons. The van der Waals surface area contributed by atoms with Gasteiger partial charge in [0.1, 0.15) is 6.10 Å². The van der Waals surface area contributed by atoms with Gasteiger partial charge in [-0.25, -0.2) is 0 Å². The summed E-state index contributed by atoms with van der Waals surface area (Å²) >= 11 is 0. The molecular formula is C17H21NO3. The zero-order chi connectivity index (χ0) is 14.8. The molecule has 0 aromatic heterocycles. The lowest BCUT2D eigenvalue weighted by Crippen LogP contribution is -2.43. The first-order chi connectivity index (χ1) is 10.2. The minimum atomic E-state index is -0.536. The third-order valence-electron chi connectivity index (χ3n) is 4.52. The second kappa shape index (κ2) is 5.98. The lowest BCUT2D eigenvalue weighted by molar-refractivity contribution is -0.140. The fraction of sp³-hybridized carbons (Fsp3) is 0.529. The van der Waals surface area contributed by atoms with Gasteiger partial charge in [-0.1, -0.05) is 31.0 Å². The molecule has 1 aromatic carbocycles. The highest BCUT2D eigenvalue weighted by Gasteiger charge is 2.39. The van der Waals surface area contributed by atoms with E-state index in [0.717, 1.165) is 25.7 Å². The number of benzene rings is 1.